The van der Waals surface area contributed by atoms with Gasteiger partial charge in [0.1, 0.15) is 0 Å². The van der Waals surface area contributed by atoms with Crippen LogP contribution in [0, 0.1) is 11.3 Å². The van der Waals surface area contributed by atoms with Crippen molar-refractivity contribution in [3.8, 4) is 28.6 Å². The first-order valence-corrected chi connectivity index (χ1v) is 16.6. The number of thiophene rings is 1. The van der Waals surface area contributed by atoms with Gasteiger partial charge in [-0.05, 0) is 54.6 Å². The van der Waals surface area contributed by atoms with Gasteiger partial charge in [-0.3, -0.25) is 0 Å². The topological polar surface area (TPSA) is 33.6 Å². The lowest BCUT2D eigenvalue weighted by molar-refractivity contribution is 1.16. The van der Waals surface area contributed by atoms with E-state index in [-0.39, 0.29) is 0 Å². The summed E-state index contributed by atoms with van der Waals surface area (Å²) in [6.45, 7) is 0. The number of para-hydroxylation sites is 4. The number of nitrogens with zero attached hydrogens (tertiary/aromatic N) is 3. The third-order valence-corrected chi connectivity index (χ3v) is 10.8. The smallest absolute Gasteiger partial charge is 0.0991 e. The van der Waals surface area contributed by atoms with Crippen LogP contribution >= 0.6 is 11.3 Å². The Balaban J connectivity index is 1.31. The molecule has 0 saturated carbocycles. The van der Waals surface area contributed by atoms with Crippen molar-refractivity contribution < 1.29 is 0 Å². The molecule has 10 rings (SSSR count). The van der Waals surface area contributed by atoms with Crippen LogP contribution in [-0.2, 0) is 0 Å². The highest BCUT2D eigenvalue weighted by Crippen LogP contribution is 2.45. The van der Waals surface area contributed by atoms with Crippen LogP contribution in [0.4, 0.5) is 0 Å². The van der Waals surface area contributed by atoms with Gasteiger partial charge in [0.2, 0.25) is 0 Å². The molecular formula is C43H25N3S. The van der Waals surface area contributed by atoms with Crippen LogP contribution in [0.2, 0.25) is 0 Å². The molecule has 0 fully saturated rings. The number of fused-ring (bicyclic) bond motifs is 10. The maximum absolute atomic E-state index is 9.93. The fourth-order valence-corrected chi connectivity index (χ4v) is 8.85. The highest BCUT2D eigenvalue weighted by Gasteiger charge is 2.21. The summed E-state index contributed by atoms with van der Waals surface area (Å²) in [6.07, 6.45) is 0. The average Bonchev–Trinajstić information content (AvgIpc) is 3.79. The van der Waals surface area contributed by atoms with E-state index in [0.29, 0.717) is 5.56 Å². The van der Waals surface area contributed by atoms with Gasteiger partial charge < -0.3 is 9.13 Å². The summed E-state index contributed by atoms with van der Waals surface area (Å²) in [6, 6.07) is 56.5. The first-order chi connectivity index (χ1) is 23.3. The Bertz CT molecular complexity index is 2880. The molecule has 0 N–H and O–H groups in total. The molecule has 0 spiro atoms. The average molecular weight is 616 g/mol. The Labute approximate surface area is 274 Å². The summed E-state index contributed by atoms with van der Waals surface area (Å²) in [5.74, 6) is 0. The molecule has 0 unspecified atom stereocenters. The van der Waals surface area contributed by atoms with Crippen molar-refractivity contribution in [2.75, 3.05) is 0 Å². The van der Waals surface area contributed by atoms with E-state index in [1.807, 2.05) is 17.4 Å². The van der Waals surface area contributed by atoms with Gasteiger partial charge in [-0.15, -0.1) is 11.3 Å². The second-order valence-electron chi connectivity index (χ2n) is 12.0. The van der Waals surface area contributed by atoms with Gasteiger partial charge in [0, 0.05) is 52.8 Å². The molecule has 4 heteroatoms. The lowest BCUT2D eigenvalue weighted by Gasteiger charge is -2.18. The molecule has 3 nitrogen and oxygen atoms in total. The van der Waals surface area contributed by atoms with Crippen molar-refractivity contribution in [1.82, 2.24) is 9.13 Å². The Hall–Kier alpha value is -6.15. The van der Waals surface area contributed by atoms with Gasteiger partial charge in [-0.25, -0.2) is 0 Å². The zero-order chi connectivity index (χ0) is 31.1. The Morgan fingerprint density at radius 2 is 0.979 bits per heavy atom. The van der Waals surface area contributed by atoms with Crippen molar-refractivity contribution in [2.24, 2.45) is 0 Å². The van der Waals surface area contributed by atoms with Crippen LogP contribution in [0.25, 0.3) is 86.3 Å². The minimum absolute atomic E-state index is 0.666. The molecule has 7 aromatic carbocycles. The third kappa shape index (κ3) is 3.66. The van der Waals surface area contributed by atoms with Gasteiger partial charge in [-0.2, -0.15) is 5.26 Å². The lowest BCUT2D eigenvalue weighted by atomic mass is 10.0. The predicted octanol–water partition coefficient (Wildman–Crippen LogP) is 11.8. The molecule has 0 aliphatic rings. The molecule has 47 heavy (non-hydrogen) atoms. The number of hydrogen-bond donors (Lipinski definition) is 0. The van der Waals surface area contributed by atoms with Crippen LogP contribution in [0.1, 0.15) is 5.56 Å². The molecule has 0 radical (unpaired) electrons. The molecule has 10 aromatic rings. The largest absolute Gasteiger partial charge is 0.309 e. The minimum atomic E-state index is 0.666. The van der Waals surface area contributed by atoms with E-state index in [0.717, 1.165) is 38.9 Å². The molecule has 0 aliphatic carbocycles. The summed E-state index contributed by atoms with van der Waals surface area (Å²) in [4.78, 5) is 0. The predicted molar refractivity (Wildman–Crippen MR) is 198 cm³/mol. The van der Waals surface area contributed by atoms with Crippen molar-refractivity contribution in [3.63, 3.8) is 0 Å². The lowest BCUT2D eigenvalue weighted by Crippen LogP contribution is -2.01. The standard InChI is InChI=1S/C43H25N3S/c44-26-27-21-23-39-34(25-27)42-40(24-22-33-32-15-5-10-20-41(32)47-43(33)42)46(39)38-19-9-4-14-31(38)30-13-3-8-18-37(30)45-35-16-6-1-11-28(35)29-12-2-7-17-36(29)45/h1-25H. The Morgan fingerprint density at radius 3 is 1.66 bits per heavy atom. The van der Waals surface area contributed by atoms with Crippen molar-refractivity contribution in [3.05, 3.63) is 157 Å². The molecule has 0 amide bonds. The van der Waals surface area contributed by atoms with Gasteiger partial charge in [0.05, 0.1) is 45.1 Å². The number of benzene rings is 7. The van der Waals surface area contributed by atoms with Gasteiger partial charge in [-0.1, -0.05) is 97.1 Å². The molecule has 0 bridgehead atoms. The van der Waals surface area contributed by atoms with Gasteiger partial charge in [0.15, 0.2) is 0 Å². The normalized spacial score (nSPS) is 11.8. The van der Waals surface area contributed by atoms with E-state index in [9.17, 15) is 5.26 Å². The molecule has 0 atom stereocenters. The molecule has 3 heterocycles. The van der Waals surface area contributed by atoms with Crippen LogP contribution in [-0.4, -0.2) is 9.13 Å². The monoisotopic (exact) mass is 615 g/mol. The van der Waals surface area contributed by atoms with Crippen LogP contribution in [0.5, 0.6) is 0 Å². The summed E-state index contributed by atoms with van der Waals surface area (Å²) < 4.78 is 7.33. The van der Waals surface area contributed by atoms with Gasteiger partial charge in [0.25, 0.3) is 0 Å². The van der Waals surface area contributed by atoms with E-state index in [2.05, 4.69) is 161 Å². The van der Waals surface area contributed by atoms with E-state index in [1.165, 1.54) is 47.4 Å². The zero-order valence-corrected chi connectivity index (χ0v) is 26.0. The van der Waals surface area contributed by atoms with E-state index in [4.69, 9.17) is 0 Å². The summed E-state index contributed by atoms with van der Waals surface area (Å²) in [5.41, 5.74) is 9.80. The first-order valence-electron chi connectivity index (χ1n) is 15.8. The number of aromatic nitrogens is 2. The number of nitriles is 1. The quantitative estimate of drug-likeness (QED) is 0.195. The first kappa shape index (κ1) is 26.1. The third-order valence-electron chi connectivity index (χ3n) is 9.56. The van der Waals surface area contributed by atoms with Crippen molar-refractivity contribution in [2.45, 2.75) is 0 Å². The fourth-order valence-electron chi connectivity index (χ4n) is 7.59. The Kier molecular flexibility index (Phi) is 5.51. The Morgan fingerprint density at radius 1 is 0.447 bits per heavy atom. The van der Waals surface area contributed by atoms with Gasteiger partial charge >= 0.3 is 0 Å². The summed E-state index contributed by atoms with van der Waals surface area (Å²) in [7, 11) is 0. The molecule has 0 aliphatic heterocycles. The molecule has 0 saturated heterocycles. The van der Waals surface area contributed by atoms with Crippen molar-refractivity contribution >= 4 is 75.1 Å². The second-order valence-corrected chi connectivity index (χ2v) is 13.1. The number of hydrogen-bond acceptors (Lipinski definition) is 2. The summed E-state index contributed by atoms with van der Waals surface area (Å²) in [5, 5.41) is 17.2. The fraction of sp³-hybridized carbons (Fsp3) is 0. The van der Waals surface area contributed by atoms with E-state index < -0.39 is 0 Å². The SMILES string of the molecule is N#Cc1ccc2c(c1)c1c3sc4ccccc4c3ccc1n2-c1ccccc1-c1ccccc1-n1c2ccccc2c2ccccc21. The zero-order valence-electron chi connectivity index (χ0n) is 25.2. The van der Waals surface area contributed by atoms with Crippen LogP contribution in [0.3, 0.4) is 0 Å². The highest BCUT2D eigenvalue weighted by atomic mass is 32.1. The molecular weight excluding hydrogens is 591 g/mol. The van der Waals surface area contributed by atoms with Crippen molar-refractivity contribution in [1.29, 1.82) is 5.26 Å². The summed E-state index contributed by atoms with van der Waals surface area (Å²) >= 11 is 1.83. The molecule has 218 valence electrons. The number of rotatable bonds is 3. The maximum atomic E-state index is 9.93. The van der Waals surface area contributed by atoms with E-state index in [1.54, 1.807) is 0 Å². The second kappa shape index (κ2) is 9.92. The van der Waals surface area contributed by atoms with E-state index >= 15 is 0 Å². The molecule has 3 aromatic heterocycles. The highest BCUT2D eigenvalue weighted by molar-refractivity contribution is 7.26. The minimum Gasteiger partial charge on any atom is -0.309 e. The van der Waals surface area contributed by atoms with Crippen LogP contribution < -0.4 is 0 Å². The van der Waals surface area contributed by atoms with Crippen LogP contribution in [0.15, 0.2) is 152 Å². The maximum Gasteiger partial charge on any atom is 0.0991 e.